The summed E-state index contributed by atoms with van der Waals surface area (Å²) in [6.07, 6.45) is 1.61. The molecule has 1 aromatic heterocycles. The molecule has 0 unspecified atom stereocenters. The van der Waals surface area contributed by atoms with Crippen LogP contribution in [0.4, 0.5) is 0 Å². The zero-order chi connectivity index (χ0) is 19.4. The standard InChI is InChI=1S/C21H18ClNO3S/c1-3-16(21(24)25)20-18(17-9-4-5-10-19(17)27-20)12-26-23-13(2)14-7-6-8-15(22)11-14/h3-11H,12H2,1-2H3,(H,24,25). The van der Waals surface area contributed by atoms with Crippen molar-refractivity contribution in [2.45, 2.75) is 20.5 Å². The number of nitrogens with zero attached hydrogens (tertiary/aromatic N) is 1. The molecule has 3 rings (SSSR count). The van der Waals surface area contributed by atoms with Crippen LogP contribution in [0.1, 0.15) is 29.9 Å². The third-order valence-corrected chi connectivity index (χ3v) is 5.60. The summed E-state index contributed by atoms with van der Waals surface area (Å²) in [6.45, 7) is 3.74. The second kappa shape index (κ2) is 8.37. The van der Waals surface area contributed by atoms with E-state index < -0.39 is 5.97 Å². The van der Waals surface area contributed by atoms with Crippen LogP contribution in [0.2, 0.25) is 5.02 Å². The first-order chi connectivity index (χ1) is 13.0. The monoisotopic (exact) mass is 399 g/mol. The highest BCUT2D eigenvalue weighted by molar-refractivity contribution is 7.20. The van der Waals surface area contributed by atoms with Crippen LogP contribution in [0.15, 0.2) is 59.8 Å². The van der Waals surface area contributed by atoms with Gasteiger partial charge in [0, 0.05) is 25.7 Å². The molecule has 1 N–H and O–H groups in total. The summed E-state index contributed by atoms with van der Waals surface area (Å²) < 4.78 is 1.02. The van der Waals surface area contributed by atoms with Gasteiger partial charge in [0.2, 0.25) is 0 Å². The first-order valence-corrected chi connectivity index (χ1v) is 9.53. The predicted octanol–water partition coefficient (Wildman–Crippen LogP) is 5.98. The molecule has 0 radical (unpaired) electrons. The van der Waals surface area contributed by atoms with Gasteiger partial charge in [-0.25, -0.2) is 4.79 Å². The Morgan fingerprint density at radius 1 is 1.26 bits per heavy atom. The molecule has 0 spiro atoms. The van der Waals surface area contributed by atoms with E-state index in [1.54, 1.807) is 19.1 Å². The second-order valence-corrected chi connectivity index (χ2v) is 7.36. The number of thiophene rings is 1. The van der Waals surface area contributed by atoms with Crippen LogP contribution in [-0.4, -0.2) is 16.8 Å². The SMILES string of the molecule is CC=C(C(=O)O)c1sc2ccccc2c1CON=C(C)c1cccc(Cl)c1. The van der Waals surface area contributed by atoms with Crippen LogP contribution in [-0.2, 0) is 16.2 Å². The highest BCUT2D eigenvalue weighted by atomic mass is 35.5. The van der Waals surface area contributed by atoms with Crippen molar-refractivity contribution >= 4 is 50.3 Å². The lowest BCUT2D eigenvalue weighted by Gasteiger charge is -2.06. The number of carbonyl (C=O) groups is 1. The maximum atomic E-state index is 11.6. The molecule has 0 saturated heterocycles. The van der Waals surface area contributed by atoms with E-state index in [2.05, 4.69) is 5.16 Å². The van der Waals surface area contributed by atoms with E-state index >= 15 is 0 Å². The molecule has 0 aliphatic heterocycles. The highest BCUT2D eigenvalue weighted by Gasteiger charge is 2.19. The topological polar surface area (TPSA) is 58.9 Å². The molecule has 2 aromatic carbocycles. The first-order valence-electron chi connectivity index (χ1n) is 8.34. The van der Waals surface area contributed by atoms with Crippen molar-refractivity contribution in [1.82, 2.24) is 0 Å². The smallest absolute Gasteiger partial charge is 0.336 e. The molecule has 138 valence electrons. The Bertz CT molecular complexity index is 1050. The van der Waals surface area contributed by atoms with E-state index in [1.165, 1.54) is 11.3 Å². The Morgan fingerprint density at radius 3 is 2.74 bits per heavy atom. The lowest BCUT2D eigenvalue weighted by molar-refractivity contribution is -0.130. The van der Waals surface area contributed by atoms with E-state index in [-0.39, 0.29) is 12.2 Å². The summed E-state index contributed by atoms with van der Waals surface area (Å²) in [5.41, 5.74) is 2.67. The number of rotatable bonds is 6. The van der Waals surface area contributed by atoms with E-state index in [0.29, 0.717) is 15.6 Å². The van der Waals surface area contributed by atoms with Crippen molar-refractivity contribution in [2.75, 3.05) is 0 Å². The quantitative estimate of drug-likeness (QED) is 0.315. The fourth-order valence-corrected chi connectivity index (χ4v) is 4.24. The van der Waals surface area contributed by atoms with Crippen LogP contribution in [0.25, 0.3) is 15.7 Å². The fourth-order valence-electron chi connectivity index (χ4n) is 2.77. The number of carboxylic acids is 1. The van der Waals surface area contributed by atoms with Gasteiger partial charge in [-0.15, -0.1) is 11.3 Å². The number of hydrogen-bond acceptors (Lipinski definition) is 4. The second-order valence-electron chi connectivity index (χ2n) is 5.87. The largest absolute Gasteiger partial charge is 0.478 e. The van der Waals surface area contributed by atoms with E-state index in [4.69, 9.17) is 16.4 Å². The molecule has 6 heteroatoms. The van der Waals surface area contributed by atoms with Gasteiger partial charge in [0.15, 0.2) is 0 Å². The first kappa shape index (κ1) is 19.1. The lowest BCUT2D eigenvalue weighted by atomic mass is 10.1. The molecule has 0 fully saturated rings. The summed E-state index contributed by atoms with van der Waals surface area (Å²) in [6, 6.07) is 15.2. The Morgan fingerprint density at radius 2 is 2.04 bits per heavy atom. The van der Waals surface area contributed by atoms with Crippen LogP contribution in [0, 0.1) is 0 Å². The van der Waals surface area contributed by atoms with Gasteiger partial charge in [0.05, 0.1) is 11.3 Å². The van der Waals surface area contributed by atoms with Crippen molar-refractivity contribution in [2.24, 2.45) is 5.16 Å². The normalized spacial score (nSPS) is 12.4. The van der Waals surface area contributed by atoms with E-state index in [1.807, 2.05) is 49.4 Å². The van der Waals surface area contributed by atoms with Crippen molar-refractivity contribution in [3.63, 3.8) is 0 Å². The Hall–Kier alpha value is -2.63. The van der Waals surface area contributed by atoms with Gasteiger partial charge < -0.3 is 9.94 Å². The Balaban J connectivity index is 1.92. The number of hydrogen-bond donors (Lipinski definition) is 1. The molecule has 0 aliphatic carbocycles. The molecular weight excluding hydrogens is 382 g/mol. The van der Waals surface area contributed by atoms with Crippen LogP contribution < -0.4 is 0 Å². The fraction of sp³-hybridized carbons (Fsp3) is 0.143. The van der Waals surface area contributed by atoms with Crippen LogP contribution in [0.5, 0.6) is 0 Å². The van der Waals surface area contributed by atoms with Crippen molar-refractivity contribution in [1.29, 1.82) is 0 Å². The highest BCUT2D eigenvalue weighted by Crippen LogP contribution is 2.36. The van der Waals surface area contributed by atoms with Crippen molar-refractivity contribution in [3.8, 4) is 0 Å². The van der Waals surface area contributed by atoms with Gasteiger partial charge in [-0.3, -0.25) is 0 Å². The van der Waals surface area contributed by atoms with Gasteiger partial charge in [0.25, 0.3) is 0 Å². The number of halogens is 1. The molecule has 0 bridgehead atoms. The summed E-state index contributed by atoms with van der Waals surface area (Å²) in [5, 5.41) is 15.3. The molecule has 3 aromatic rings. The maximum Gasteiger partial charge on any atom is 0.336 e. The van der Waals surface area contributed by atoms with E-state index in [9.17, 15) is 9.90 Å². The summed E-state index contributed by atoms with van der Waals surface area (Å²) in [4.78, 5) is 17.9. The van der Waals surface area contributed by atoms with Gasteiger partial charge in [-0.05, 0) is 37.4 Å². The number of benzene rings is 2. The molecule has 0 saturated carbocycles. The zero-order valence-electron chi connectivity index (χ0n) is 14.9. The average molecular weight is 400 g/mol. The summed E-state index contributed by atoms with van der Waals surface area (Å²) >= 11 is 7.46. The molecular formula is C21H18ClNO3S. The van der Waals surface area contributed by atoms with Gasteiger partial charge in [-0.1, -0.05) is 53.2 Å². The van der Waals surface area contributed by atoms with Gasteiger partial charge >= 0.3 is 5.97 Å². The average Bonchev–Trinajstić information content (AvgIpc) is 3.00. The number of fused-ring (bicyclic) bond motifs is 1. The van der Waals surface area contributed by atoms with E-state index in [0.717, 1.165) is 21.2 Å². The van der Waals surface area contributed by atoms with Gasteiger partial charge in [0.1, 0.15) is 6.61 Å². The molecule has 4 nitrogen and oxygen atoms in total. The minimum atomic E-state index is -0.955. The summed E-state index contributed by atoms with van der Waals surface area (Å²) in [5.74, 6) is -0.955. The minimum absolute atomic E-state index is 0.182. The third kappa shape index (κ3) is 4.21. The molecule has 0 atom stereocenters. The predicted molar refractivity (Wildman–Crippen MR) is 112 cm³/mol. The Labute approximate surface area is 166 Å². The number of carboxylic acid groups (broad SMARTS) is 1. The lowest BCUT2D eigenvalue weighted by Crippen LogP contribution is -2.01. The Kier molecular flexibility index (Phi) is 5.94. The van der Waals surface area contributed by atoms with Crippen LogP contribution in [0.3, 0.4) is 0 Å². The number of oxime groups is 1. The molecule has 1 heterocycles. The minimum Gasteiger partial charge on any atom is -0.478 e. The zero-order valence-corrected chi connectivity index (χ0v) is 16.5. The van der Waals surface area contributed by atoms with Crippen LogP contribution >= 0.6 is 22.9 Å². The van der Waals surface area contributed by atoms with Gasteiger partial charge in [-0.2, -0.15) is 0 Å². The molecule has 0 aliphatic rings. The maximum absolute atomic E-state index is 11.6. The molecule has 0 amide bonds. The molecule has 27 heavy (non-hydrogen) atoms. The number of aliphatic carboxylic acids is 1. The summed E-state index contributed by atoms with van der Waals surface area (Å²) in [7, 11) is 0. The number of allylic oxidation sites excluding steroid dienone is 1. The van der Waals surface area contributed by atoms with Crippen molar-refractivity contribution in [3.05, 3.63) is 75.6 Å². The third-order valence-electron chi connectivity index (χ3n) is 4.11. The van der Waals surface area contributed by atoms with Crippen molar-refractivity contribution < 1.29 is 14.7 Å².